The fourth-order valence-electron chi connectivity index (χ4n) is 5.20. The SMILES string of the molecule is CCC1CCC(NC(=O)C(C)NC(=O)OCC2c3ccccc3-c3ccccc32)(C(=O)O)CC1. The molecule has 4 rings (SSSR count). The number of carboxylic acid groups (broad SMARTS) is 1. The van der Waals surface area contributed by atoms with Gasteiger partial charge in [-0.2, -0.15) is 0 Å². The monoisotopic (exact) mass is 464 g/mol. The number of nitrogens with one attached hydrogen (secondary N) is 2. The average Bonchev–Trinajstić information content (AvgIpc) is 3.16. The van der Waals surface area contributed by atoms with E-state index in [0.717, 1.165) is 41.5 Å². The fourth-order valence-corrected chi connectivity index (χ4v) is 5.20. The Labute approximate surface area is 199 Å². The third-order valence-electron chi connectivity index (χ3n) is 7.38. The zero-order valence-corrected chi connectivity index (χ0v) is 19.7. The third-order valence-corrected chi connectivity index (χ3v) is 7.38. The Morgan fingerprint density at radius 1 is 1.03 bits per heavy atom. The minimum atomic E-state index is -1.28. The second-order valence-electron chi connectivity index (χ2n) is 9.42. The van der Waals surface area contributed by atoms with Gasteiger partial charge >= 0.3 is 12.1 Å². The Bertz CT molecular complexity index is 1030. The largest absolute Gasteiger partial charge is 0.480 e. The summed E-state index contributed by atoms with van der Waals surface area (Å²) in [7, 11) is 0. The minimum absolute atomic E-state index is 0.0775. The standard InChI is InChI=1S/C27H32N2O5/c1-3-18-12-14-27(15-13-18,25(31)32)29-24(30)17(2)28-26(33)34-16-23-21-10-6-4-8-19(21)20-9-5-7-11-22(20)23/h4-11,17-18,23H,3,12-16H2,1-2H3,(H,28,33)(H,29,30)(H,31,32). The highest BCUT2D eigenvalue weighted by molar-refractivity contribution is 5.91. The minimum Gasteiger partial charge on any atom is -0.480 e. The molecule has 2 aromatic carbocycles. The lowest BCUT2D eigenvalue weighted by Gasteiger charge is -2.37. The summed E-state index contributed by atoms with van der Waals surface area (Å²) >= 11 is 0. The molecule has 0 saturated heterocycles. The molecule has 180 valence electrons. The van der Waals surface area contributed by atoms with Crippen molar-refractivity contribution in [2.45, 2.75) is 63.5 Å². The molecule has 0 bridgehead atoms. The molecule has 2 aliphatic carbocycles. The smallest absolute Gasteiger partial charge is 0.407 e. The van der Waals surface area contributed by atoms with E-state index in [1.54, 1.807) is 0 Å². The van der Waals surface area contributed by atoms with Crippen LogP contribution in [-0.4, -0.2) is 41.3 Å². The molecule has 7 nitrogen and oxygen atoms in total. The van der Waals surface area contributed by atoms with Gasteiger partial charge in [-0.3, -0.25) is 4.79 Å². The predicted octanol–water partition coefficient (Wildman–Crippen LogP) is 4.45. The highest BCUT2D eigenvalue weighted by atomic mass is 16.5. The van der Waals surface area contributed by atoms with Crippen LogP contribution in [0, 0.1) is 5.92 Å². The third kappa shape index (κ3) is 4.65. The molecule has 1 saturated carbocycles. The zero-order chi connectivity index (χ0) is 24.3. The van der Waals surface area contributed by atoms with Crippen molar-refractivity contribution in [1.29, 1.82) is 0 Å². The zero-order valence-electron chi connectivity index (χ0n) is 19.7. The molecule has 0 spiro atoms. The van der Waals surface area contributed by atoms with Crippen LogP contribution >= 0.6 is 0 Å². The number of alkyl carbamates (subject to hydrolysis) is 1. The van der Waals surface area contributed by atoms with Gasteiger partial charge < -0.3 is 20.5 Å². The van der Waals surface area contributed by atoms with Crippen LogP contribution in [0.15, 0.2) is 48.5 Å². The van der Waals surface area contributed by atoms with E-state index in [-0.39, 0.29) is 12.5 Å². The van der Waals surface area contributed by atoms with Crippen molar-refractivity contribution >= 4 is 18.0 Å². The Hall–Kier alpha value is -3.35. The lowest BCUT2D eigenvalue weighted by molar-refractivity contribution is -0.150. The number of rotatable bonds is 7. The highest BCUT2D eigenvalue weighted by Crippen LogP contribution is 2.44. The Balaban J connectivity index is 1.34. The van der Waals surface area contributed by atoms with Crippen molar-refractivity contribution in [3.63, 3.8) is 0 Å². The number of fused-ring (bicyclic) bond motifs is 3. The first kappa shape index (κ1) is 23.8. The Morgan fingerprint density at radius 3 is 2.12 bits per heavy atom. The molecule has 1 atom stereocenters. The maximum Gasteiger partial charge on any atom is 0.407 e. The number of carbonyl (C=O) groups excluding carboxylic acids is 2. The van der Waals surface area contributed by atoms with E-state index in [2.05, 4.69) is 29.7 Å². The van der Waals surface area contributed by atoms with Crippen LogP contribution in [0.5, 0.6) is 0 Å². The first-order valence-electron chi connectivity index (χ1n) is 12.0. The Kier molecular flexibility index (Phi) is 6.91. The van der Waals surface area contributed by atoms with Crippen LogP contribution in [0.25, 0.3) is 11.1 Å². The van der Waals surface area contributed by atoms with E-state index in [9.17, 15) is 19.5 Å². The van der Waals surface area contributed by atoms with E-state index in [0.29, 0.717) is 18.8 Å². The first-order chi connectivity index (χ1) is 16.3. The molecule has 1 fully saturated rings. The number of aliphatic carboxylic acids is 1. The van der Waals surface area contributed by atoms with E-state index >= 15 is 0 Å². The molecular weight excluding hydrogens is 432 g/mol. The van der Waals surface area contributed by atoms with Gasteiger partial charge in [0.15, 0.2) is 0 Å². The van der Waals surface area contributed by atoms with Gasteiger partial charge in [0.05, 0.1) is 0 Å². The van der Waals surface area contributed by atoms with Gasteiger partial charge in [0.1, 0.15) is 18.2 Å². The van der Waals surface area contributed by atoms with E-state index < -0.39 is 29.6 Å². The quantitative estimate of drug-likeness (QED) is 0.561. The van der Waals surface area contributed by atoms with Crippen LogP contribution < -0.4 is 10.6 Å². The number of hydrogen-bond donors (Lipinski definition) is 3. The second kappa shape index (κ2) is 9.87. The van der Waals surface area contributed by atoms with Gasteiger partial charge in [-0.25, -0.2) is 9.59 Å². The number of hydrogen-bond acceptors (Lipinski definition) is 4. The lowest BCUT2D eigenvalue weighted by Crippen LogP contribution is -2.60. The summed E-state index contributed by atoms with van der Waals surface area (Å²) in [6.07, 6.45) is 2.61. The number of carbonyl (C=O) groups is 3. The molecule has 0 heterocycles. The Morgan fingerprint density at radius 2 is 1.59 bits per heavy atom. The maximum atomic E-state index is 12.8. The van der Waals surface area contributed by atoms with Crippen molar-refractivity contribution in [2.75, 3.05) is 6.61 Å². The van der Waals surface area contributed by atoms with Gasteiger partial charge in [-0.1, -0.05) is 61.9 Å². The van der Waals surface area contributed by atoms with E-state index in [1.807, 2.05) is 36.4 Å². The molecule has 2 amide bonds. The number of amides is 2. The molecule has 34 heavy (non-hydrogen) atoms. The average molecular weight is 465 g/mol. The van der Waals surface area contributed by atoms with Gasteiger partial charge in [0.2, 0.25) is 5.91 Å². The summed E-state index contributed by atoms with van der Waals surface area (Å²) < 4.78 is 5.51. The number of carboxylic acids is 1. The molecule has 3 N–H and O–H groups in total. The van der Waals surface area contributed by atoms with Crippen LogP contribution in [0.1, 0.15) is 63.0 Å². The highest BCUT2D eigenvalue weighted by Gasteiger charge is 2.43. The van der Waals surface area contributed by atoms with E-state index in [4.69, 9.17) is 4.74 Å². The van der Waals surface area contributed by atoms with E-state index in [1.165, 1.54) is 6.92 Å². The summed E-state index contributed by atoms with van der Waals surface area (Å²) in [5.41, 5.74) is 3.20. The van der Waals surface area contributed by atoms with Crippen LogP contribution in [0.3, 0.4) is 0 Å². The molecule has 2 aliphatic rings. The molecule has 0 aromatic heterocycles. The molecule has 2 aromatic rings. The van der Waals surface area contributed by atoms with Crippen LogP contribution in [-0.2, 0) is 14.3 Å². The molecule has 0 aliphatic heterocycles. The number of benzene rings is 2. The van der Waals surface area contributed by atoms with Crippen LogP contribution in [0.2, 0.25) is 0 Å². The second-order valence-corrected chi connectivity index (χ2v) is 9.42. The molecule has 0 radical (unpaired) electrons. The van der Waals surface area contributed by atoms with Gasteiger partial charge in [-0.15, -0.1) is 0 Å². The van der Waals surface area contributed by atoms with Crippen molar-refractivity contribution in [1.82, 2.24) is 10.6 Å². The summed E-state index contributed by atoms with van der Waals surface area (Å²) in [5.74, 6) is -1.14. The summed E-state index contributed by atoms with van der Waals surface area (Å²) in [5, 5.41) is 15.0. The summed E-state index contributed by atoms with van der Waals surface area (Å²) in [4.78, 5) is 37.2. The van der Waals surface area contributed by atoms with Crippen molar-refractivity contribution in [2.24, 2.45) is 5.92 Å². The first-order valence-corrected chi connectivity index (χ1v) is 12.0. The van der Waals surface area contributed by atoms with Crippen molar-refractivity contribution < 1.29 is 24.2 Å². The van der Waals surface area contributed by atoms with Gasteiger partial charge in [0.25, 0.3) is 0 Å². The number of ether oxygens (including phenoxy) is 1. The van der Waals surface area contributed by atoms with Crippen molar-refractivity contribution in [3.05, 3.63) is 59.7 Å². The normalized spacial score (nSPS) is 22.2. The van der Waals surface area contributed by atoms with Gasteiger partial charge in [0, 0.05) is 5.92 Å². The van der Waals surface area contributed by atoms with Crippen molar-refractivity contribution in [3.8, 4) is 11.1 Å². The molecule has 1 unspecified atom stereocenters. The topological polar surface area (TPSA) is 105 Å². The molecule has 7 heteroatoms. The van der Waals surface area contributed by atoms with Gasteiger partial charge in [-0.05, 0) is 60.8 Å². The molecular formula is C27H32N2O5. The van der Waals surface area contributed by atoms with Crippen LogP contribution in [0.4, 0.5) is 4.79 Å². The maximum absolute atomic E-state index is 12.8. The summed E-state index contributed by atoms with van der Waals surface area (Å²) in [6, 6.07) is 15.2. The fraction of sp³-hybridized carbons (Fsp3) is 0.444. The predicted molar refractivity (Wildman–Crippen MR) is 128 cm³/mol. The lowest BCUT2D eigenvalue weighted by atomic mass is 9.75. The summed E-state index contributed by atoms with van der Waals surface area (Å²) in [6.45, 7) is 3.77.